The molecule has 1 aliphatic rings. The van der Waals surface area contributed by atoms with E-state index >= 15 is 0 Å². The Morgan fingerprint density at radius 3 is 2.15 bits per heavy atom. The minimum atomic E-state index is -0.0851. The summed E-state index contributed by atoms with van der Waals surface area (Å²) in [7, 11) is 0. The molecular weight excluding hydrogens is 248 g/mol. The Morgan fingerprint density at radius 1 is 1.15 bits per heavy atom. The van der Waals surface area contributed by atoms with Gasteiger partial charge in [-0.15, -0.1) is 0 Å². The van der Waals surface area contributed by atoms with Crippen molar-refractivity contribution in [1.82, 2.24) is 10.6 Å². The number of carbonyl (C=O) groups excluding carboxylic acids is 1. The maximum Gasteiger partial charge on any atom is 0.237 e. The van der Waals surface area contributed by atoms with Gasteiger partial charge in [-0.05, 0) is 57.8 Å². The fourth-order valence-corrected chi connectivity index (χ4v) is 3.17. The van der Waals surface area contributed by atoms with Crippen molar-refractivity contribution in [3.05, 3.63) is 0 Å². The highest BCUT2D eigenvalue weighted by atomic mass is 16.2. The third-order valence-electron chi connectivity index (χ3n) is 5.05. The van der Waals surface area contributed by atoms with Crippen LogP contribution in [0.4, 0.5) is 0 Å². The van der Waals surface area contributed by atoms with Crippen molar-refractivity contribution in [1.29, 1.82) is 0 Å². The first-order valence-electron chi connectivity index (χ1n) is 8.32. The molecule has 0 radical (unpaired) electrons. The van der Waals surface area contributed by atoms with E-state index in [1.54, 1.807) is 0 Å². The summed E-state index contributed by atoms with van der Waals surface area (Å²) in [5.74, 6) is 0.960. The molecule has 1 rings (SSSR count). The summed E-state index contributed by atoms with van der Waals surface area (Å²) in [5, 5.41) is 6.47. The molecule has 1 aliphatic carbocycles. The highest BCUT2D eigenvalue weighted by Crippen LogP contribution is 2.40. The number of amides is 1. The Balaban J connectivity index is 2.37. The van der Waals surface area contributed by atoms with Gasteiger partial charge in [-0.1, -0.05) is 27.2 Å². The molecule has 0 aliphatic heterocycles. The number of nitrogens with one attached hydrogen (secondary N) is 2. The molecule has 0 bridgehead atoms. The van der Waals surface area contributed by atoms with Gasteiger partial charge in [0.15, 0.2) is 0 Å². The molecule has 0 saturated heterocycles. The number of carbonyl (C=O) groups is 1. The summed E-state index contributed by atoms with van der Waals surface area (Å²) in [6.45, 7) is 13.1. The Morgan fingerprint density at radius 2 is 1.70 bits per heavy atom. The Bertz CT molecular complexity index is 304. The SMILES string of the molecule is CCC(C)(C)C1CCC(NC(C)C(=O)NC(C)C)CC1. The van der Waals surface area contributed by atoms with Gasteiger partial charge in [0.25, 0.3) is 0 Å². The lowest BCUT2D eigenvalue weighted by atomic mass is 9.69. The molecule has 118 valence electrons. The van der Waals surface area contributed by atoms with Crippen LogP contribution in [0.15, 0.2) is 0 Å². The topological polar surface area (TPSA) is 41.1 Å². The van der Waals surface area contributed by atoms with Crippen molar-refractivity contribution in [2.75, 3.05) is 0 Å². The largest absolute Gasteiger partial charge is 0.353 e. The highest BCUT2D eigenvalue weighted by molar-refractivity contribution is 5.81. The van der Waals surface area contributed by atoms with Crippen molar-refractivity contribution in [2.45, 2.75) is 91.8 Å². The molecule has 0 aromatic rings. The van der Waals surface area contributed by atoms with Crippen molar-refractivity contribution in [3.63, 3.8) is 0 Å². The third-order valence-corrected chi connectivity index (χ3v) is 5.05. The normalized spacial score (nSPS) is 25.6. The summed E-state index contributed by atoms with van der Waals surface area (Å²) in [6.07, 6.45) is 6.23. The average Bonchev–Trinajstić information content (AvgIpc) is 2.38. The molecule has 0 aromatic carbocycles. The maximum absolute atomic E-state index is 11.9. The van der Waals surface area contributed by atoms with Crippen LogP contribution in [0.25, 0.3) is 0 Å². The standard InChI is InChI=1S/C17H34N2O/c1-7-17(5,6)14-8-10-15(11-9-14)19-13(4)16(20)18-12(2)3/h12-15,19H,7-11H2,1-6H3,(H,18,20). The van der Waals surface area contributed by atoms with Gasteiger partial charge in [0.05, 0.1) is 6.04 Å². The third kappa shape index (κ3) is 5.08. The lowest BCUT2D eigenvalue weighted by Crippen LogP contribution is -2.49. The van der Waals surface area contributed by atoms with E-state index < -0.39 is 0 Å². The van der Waals surface area contributed by atoms with E-state index in [1.807, 2.05) is 20.8 Å². The molecule has 0 aromatic heterocycles. The van der Waals surface area contributed by atoms with Crippen LogP contribution >= 0.6 is 0 Å². The summed E-state index contributed by atoms with van der Waals surface area (Å²) >= 11 is 0. The molecule has 0 heterocycles. The van der Waals surface area contributed by atoms with Gasteiger partial charge in [-0.2, -0.15) is 0 Å². The second-order valence-corrected chi connectivity index (χ2v) is 7.44. The quantitative estimate of drug-likeness (QED) is 0.783. The molecule has 20 heavy (non-hydrogen) atoms. The Labute approximate surface area is 125 Å². The summed E-state index contributed by atoms with van der Waals surface area (Å²) in [6, 6.07) is 0.637. The van der Waals surface area contributed by atoms with E-state index in [0.29, 0.717) is 11.5 Å². The van der Waals surface area contributed by atoms with Crippen LogP contribution in [0.5, 0.6) is 0 Å². The van der Waals surface area contributed by atoms with E-state index in [4.69, 9.17) is 0 Å². The summed E-state index contributed by atoms with van der Waals surface area (Å²) < 4.78 is 0. The average molecular weight is 282 g/mol. The maximum atomic E-state index is 11.9. The predicted octanol–water partition coefficient (Wildman–Crippen LogP) is 3.48. The van der Waals surface area contributed by atoms with E-state index in [9.17, 15) is 4.79 Å². The molecule has 3 heteroatoms. The summed E-state index contributed by atoms with van der Waals surface area (Å²) in [5.41, 5.74) is 0.464. The molecule has 1 amide bonds. The Kier molecular flexibility index (Phi) is 6.50. The molecule has 1 unspecified atom stereocenters. The van der Waals surface area contributed by atoms with Gasteiger partial charge in [0.1, 0.15) is 0 Å². The molecule has 1 atom stereocenters. The molecule has 1 fully saturated rings. The molecule has 1 saturated carbocycles. The molecule has 3 nitrogen and oxygen atoms in total. The molecule has 0 spiro atoms. The lowest BCUT2D eigenvalue weighted by molar-refractivity contribution is -0.123. The fourth-order valence-electron chi connectivity index (χ4n) is 3.17. The van der Waals surface area contributed by atoms with Crippen molar-refractivity contribution < 1.29 is 4.79 Å². The van der Waals surface area contributed by atoms with Gasteiger partial charge >= 0.3 is 0 Å². The minimum Gasteiger partial charge on any atom is -0.353 e. The zero-order valence-electron chi connectivity index (χ0n) is 14.3. The summed E-state index contributed by atoms with van der Waals surface area (Å²) in [4.78, 5) is 11.9. The second kappa shape index (κ2) is 7.44. The van der Waals surface area contributed by atoms with Gasteiger partial charge in [-0.25, -0.2) is 0 Å². The van der Waals surface area contributed by atoms with E-state index in [-0.39, 0.29) is 18.0 Å². The van der Waals surface area contributed by atoms with Crippen LogP contribution < -0.4 is 10.6 Å². The van der Waals surface area contributed by atoms with Gasteiger partial charge < -0.3 is 10.6 Å². The van der Waals surface area contributed by atoms with Crippen LogP contribution in [0.2, 0.25) is 0 Å². The van der Waals surface area contributed by atoms with Crippen LogP contribution in [-0.2, 0) is 4.79 Å². The van der Waals surface area contributed by atoms with Gasteiger partial charge in [0, 0.05) is 12.1 Å². The van der Waals surface area contributed by atoms with Crippen LogP contribution in [-0.4, -0.2) is 24.0 Å². The Hall–Kier alpha value is -0.570. The zero-order chi connectivity index (χ0) is 15.3. The fraction of sp³-hybridized carbons (Fsp3) is 0.941. The first-order valence-corrected chi connectivity index (χ1v) is 8.32. The number of rotatable bonds is 6. The van der Waals surface area contributed by atoms with E-state index in [2.05, 4.69) is 31.4 Å². The van der Waals surface area contributed by atoms with E-state index in [1.165, 1.54) is 32.1 Å². The van der Waals surface area contributed by atoms with Gasteiger partial charge in [0.2, 0.25) is 5.91 Å². The monoisotopic (exact) mass is 282 g/mol. The number of hydrogen-bond donors (Lipinski definition) is 2. The van der Waals surface area contributed by atoms with Crippen molar-refractivity contribution >= 4 is 5.91 Å². The van der Waals surface area contributed by atoms with Crippen molar-refractivity contribution in [3.8, 4) is 0 Å². The molecular formula is C17H34N2O. The zero-order valence-corrected chi connectivity index (χ0v) is 14.3. The highest BCUT2D eigenvalue weighted by Gasteiger charge is 2.32. The minimum absolute atomic E-state index is 0.0851. The first-order chi connectivity index (χ1) is 9.26. The smallest absolute Gasteiger partial charge is 0.237 e. The lowest BCUT2D eigenvalue weighted by Gasteiger charge is -2.39. The van der Waals surface area contributed by atoms with E-state index in [0.717, 1.165) is 5.92 Å². The van der Waals surface area contributed by atoms with Crippen molar-refractivity contribution in [2.24, 2.45) is 11.3 Å². The van der Waals surface area contributed by atoms with Crippen LogP contribution in [0, 0.1) is 11.3 Å². The second-order valence-electron chi connectivity index (χ2n) is 7.44. The predicted molar refractivity (Wildman–Crippen MR) is 85.7 cm³/mol. The van der Waals surface area contributed by atoms with Gasteiger partial charge in [-0.3, -0.25) is 4.79 Å². The van der Waals surface area contributed by atoms with Crippen LogP contribution in [0.1, 0.15) is 73.6 Å². The van der Waals surface area contributed by atoms with Crippen LogP contribution in [0.3, 0.4) is 0 Å². The molecule has 2 N–H and O–H groups in total. The number of hydrogen-bond acceptors (Lipinski definition) is 2. The first kappa shape index (κ1) is 17.5.